The van der Waals surface area contributed by atoms with Crippen molar-refractivity contribution in [2.45, 2.75) is 45.1 Å². The molecule has 1 fully saturated rings. The highest BCUT2D eigenvalue weighted by molar-refractivity contribution is 5.35. The molecule has 2 aliphatic rings. The Labute approximate surface area is 116 Å². The minimum absolute atomic E-state index is 0.302. The van der Waals surface area contributed by atoms with E-state index in [1.807, 2.05) is 6.07 Å². The molecule has 2 N–H and O–H groups in total. The first kappa shape index (κ1) is 13.0. The highest BCUT2D eigenvalue weighted by Gasteiger charge is 2.32. The molecule has 4 atom stereocenters. The number of rotatable bonds is 2. The Bertz CT molecular complexity index is 431. The van der Waals surface area contributed by atoms with Crippen molar-refractivity contribution < 1.29 is 4.74 Å². The van der Waals surface area contributed by atoms with Gasteiger partial charge in [0.1, 0.15) is 5.75 Å². The summed E-state index contributed by atoms with van der Waals surface area (Å²) in [5, 5.41) is 0. The van der Waals surface area contributed by atoms with Crippen LogP contribution in [-0.4, -0.2) is 12.6 Å². The van der Waals surface area contributed by atoms with Crippen LogP contribution >= 0.6 is 0 Å². The highest BCUT2D eigenvalue weighted by Crippen LogP contribution is 2.35. The van der Waals surface area contributed by atoms with Gasteiger partial charge in [0, 0.05) is 12.0 Å². The number of benzene rings is 1. The molecule has 1 aromatic carbocycles. The second kappa shape index (κ2) is 5.54. The summed E-state index contributed by atoms with van der Waals surface area (Å²) in [7, 11) is 0. The second-order valence-electron chi connectivity index (χ2n) is 6.49. The Morgan fingerprint density at radius 1 is 1.21 bits per heavy atom. The van der Waals surface area contributed by atoms with Gasteiger partial charge in [-0.3, -0.25) is 0 Å². The maximum atomic E-state index is 6.56. The van der Waals surface area contributed by atoms with Crippen LogP contribution in [0.2, 0.25) is 0 Å². The zero-order valence-corrected chi connectivity index (χ0v) is 11.8. The molecular weight excluding hydrogens is 234 g/mol. The molecule has 1 saturated carbocycles. The summed E-state index contributed by atoms with van der Waals surface area (Å²) in [4.78, 5) is 0. The molecule has 0 aromatic heterocycles. The van der Waals surface area contributed by atoms with Crippen LogP contribution in [0.5, 0.6) is 5.75 Å². The Kier molecular flexibility index (Phi) is 3.79. The lowest BCUT2D eigenvalue weighted by molar-refractivity contribution is 0.143. The van der Waals surface area contributed by atoms with Crippen molar-refractivity contribution in [2.75, 3.05) is 6.61 Å². The van der Waals surface area contributed by atoms with E-state index < -0.39 is 0 Å². The average Bonchev–Trinajstić information content (AvgIpc) is 2.46. The van der Waals surface area contributed by atoms with E-state index in [9.17, 15) is 0 Å². The molecule has 0 amide bonds. The minimum atomic E-state index is 0.302. The molecule has 0 bridgehead atoms. The maximum Gasteiger partial charge on any atom is 0.122 e. The fourth-order valence-corrected chi connectivity index (χ4v) is 3.81. The predicted molar refractivity (Wildman–Crippen MR) is 78.2 cm³/mol. The summed E-state index contributed by atoms with van der Waals surface area (Å²) in [6, 6.07) is 8.69. The van der Waals surface area contributed by atoms with Crippen LogP contribution in [0.15, 0.2) is 24.3 Å². The minimum Gasteiger partial charge on any atom is -0.493 e. The molecule has 1 aliphatic heterocycles. The van der Waals surface area contributed by atoms with Crippen molar-refractivity contribution in [2.24, 2.45) is 23.5 Å². The second-order valence-corrected chi connectivity index (χ2v) is 6.49. The lowest BCUT2D eigenvalue weighted by Crippen LogP contribution is -2.44. The van der Waals surface area contributed by atoms with E-state index in [1.54, 1.807) is 0 Å². The zero-order valence-electron chi connectivity index (χ0n) is 11.8. The molecule has 1 aliphatic carbocycles. The Morgan fingerprint density at radius 2 is 2.05 bits per heavy atom. The molecule has 1 aromatic rings. The number of hydrogen-bond donors (Lipinski definition) is 1. The first-order valence-corrected chi connectivity index (χ1v) is 7.70. The molecular formula is C17H25NO. The summed E-state index contributed by atoms with van der Waals surface area (Å²) in [6.07, 6.45) is 6.43. The van der Waals surface area contributed by atoms with E-state index in [0.29, 0.717) is 17.9 Å². The van der Waals surface area contributed by atoms with Crippen LogP contribution in [0.3, 0.4) is 0 Å². The van der Waals surface area contributed by atoms with Gasteiger partial charge in [0.15, 0.2) is 0 Å². The van der Waals surface area contributed by atoms with Crippen LogP contribution in [0.1, 0.15) is 38.2 Å². The summed E-state index contributed by atoms with van der Waals surface area (Å²) in [5.74, 6) is 3.09. The Hall–Kier alpha value is -1.02. The van der Waals surface area contributed by atoms with Crippen molar-refractivity contribution in [1.82, 2.24) is 0 Å². The molecule has 0 radical (unpaired) electrons. The van der Waals surface area contributed by atoms with Crippen LogP contribution in [0, 0.1) is 17.8 Å². The van der Waals surface area contributed by atoms with E-state index in [0.717, 1.165) is 24.7 Å². The van der Waals surface area contributed by atoms with Gasteiger partial charge in [0.25, 0.3) is 0 Å². The number of fused-ring (bicyclic) bond motifs is 1. The van der Waals surface area contributed by atoms with E-state index in [4.69, 9.17) is 10.5 Å². The molecule has 4 unspecified atom stereocenters. The van der Waals surface area contributed by atoms with E-state index in [1.165, 1.54) is 31.2 Å². The van der Waals surface area contributed by atoms with Crippen LogP contribution in [-0.2, 0) is 6.42 Å². The predicted octanol–water partition coefficient (Wildman–Crippen LogP) is 3.39. The van der Waals surface area contributed by atoms with Crippen LogP contribution in [0.4, 0.5) is 0 Å². The highest BCUT2D eigenvalue weighted by atomic mass is 16.5. The van der Waals surface area contributed by atoms with Gasteiger partial charge in [0.05, 0.1) is 6.61 Å². The van der Waals surface area contributed by atoms with Crippen LogP contribution < -0.4 is 10.5 Å². The first-order valence-electron chi connectivity index (χ1n) is 7.70. The molecule has 104 valence electrons. The topological polar surface area (TPSA) is 35.2 Å². The zero-order chi connectivity index (χ0) is 13.2. The van der Waals surface area contributed by atoms with Crippen molar-refractivity contribution in [3.05, 3.63) is 29.8 Å². The molecule has 0 saturated heterocycles. The van der Waals surface area contributed by atoms with Gasteiger partial charge < -0.3 is 10.5 Å². The molecule has 0 spiro atoms. The summed E-state index contributed by atoms with van der Waals surface area (Å²) < 4.78 is 5.89. The number of hydrogen-bond acceptors (Lipinski definition) is 2. The largest absolute Gasteiger partial charge is 0.493 e. The van der Waals surface area contributed by atoms with Gasteiger partial charge in [0.2, 0.25) is 0 Å². The molecule has 3 rings (SSSR count). The van der Waals surface area contributed by atoms with Crippen molar-refractivity contribution >= 4 is 0 Å². The lowest BCUT2D eigenvalue weighted by Gasteiger charge is -2.37. The quantitative estimate of drug-likeness (QED) is 0.883. The summed E-state index contributed by atoms with van der Waals surface area (Å²) >= 11 is 0. The third kappa shape index (κ3) is 2.79. The fraction of sp³-hybridized carbons (Fsp3) is 0.647. The SMILES string of the molecule is CC1CCCC(C(N)C2COc3ccccc3C2)C1. The third-order valence-electron chi connectivity index (χ3n) is 4.97. The molecule has 19 heavy (non-hydrogen) atoms. The van der Waals surface area contributed by atoms with Crippen molar-refractivity contribution in [1.29, 1.82) is 0 Å². The first-order chi connectivity index (χ1) is 9.24. The van der Waals surface area contributed by atoms with Gasteiger partial charge in [-0.25, -0.2) is 0 Å². The maximum absolute atomic E-state index is 6.56. The average molecular weight is 259 g/mol. The summed E-state index contributed by atoms with van der Waals surface area (Å²) in [6.45, 7) is 3.16. The number of ether oxygens (including phenoxy) is 1. The molecule has 2 heteroatoms. The lowest BCUT2D eigenvalue weighted by atomic mass is 9.74. The van der Waals surface area contributed by atoms with Gasteiger partial charge in [-0.1, -0.05) is 38.0 Å². The number of para-hydroxylation sites is 1. The van der Waals surface area contributed by atoms with E-state index in [-0.39, 0.29) is 0 Å². The number of nitrogens with two attached hydrogens (primary N) is 1. The molecule has 1 heterocycles. The monoisotopic (exact) mass is 259 g/mol. The Balaban J connectivity index is 1.67. The summed E-state index contributed by atoms with van der Waals surface area (Å²) in [5.41, 5.74) is 7.89. The smallest absolute Gasteiger partial charge is 0.122 e. The standard InChI is InChI=1S/C17H25NO/c1-12-5-4-7-14(9-12)17(18)15-10-13-6-2-3-8-16(13)19-11-15/h2-3,6,8,12,14-15,17H,4-5,7,9-11,18H2,1H3. The Morgan fingerprint density at radius 3 is 2.89 bits per heavy atom. The van der Waals surface area contributed by atoms with Gasteiger partial charge >= 0.3 is 0 Å². The van der Waals surface area contributed by atoms with E-state index >= 15 is 0 Å². The normalized spacial score (nSPS) is 32.2. The van der Waals surface area contributed by atoms with Crippen LogP contribution in [0.25, 0.3) is 0 Å². The van der Waals surface area contributed by atoms with Gasteiger partial charge in [-0.2, -0.15) is 0 Å². The van der Waals surface area contributed by atoms with E-state index in [2.05, 4.69) is 25.1 Å². The van der Waals surface area contributed by atoms with Crippen molar-refractivity contribution in [3.63, 3.8) is 0 Å². The van der Waals surface area contributed by atoms with Gasteiger partial charge in [-0.15, -0.1) is 0 Å². The molecule has 2 nitrogen and oxygen atoms in total. The fourth-order valence-electron chi connectivity index (χ4n) is 3.81. The van der Waals surface area contributed by atoms with Gasteiger partial charge in [-0.05, 0) is 42.7 Å². The van der Waals surface area contributed by atoms with Crippen molar-refractivity contribution in [3.8, 4) is 5.75 Å². The third-order valence-corrected chi connectivity index (χ3v) is 4.97.